The molecule has 23 heavy (non-hydrogen) atoms. The number of carboxylic acids is 1. The maximum absolute atomic E-state index is 12.2. The molecule has 2 N–H and O–H groups in total. The van der Waals surface area contributed by atoms with Gasteiger partial charge in [-0.05, 0) is 32.1 Å². The second-order valence-electron chi connectivity index (χ2n) is 7.23. The number of ketones is 1. The van der Waals surface area contributed by atoms with Crippen LogP contribution in [0.5, 0.6) is 0 Å². The van der Waals surface area contributed by atoms with Gasteiger partial charge in [-0.1, -0.05) is 18.6 Å². The summed E-state index contributed by atoms with van der Waals surface area (Å²) in [6, 6.07) is 0. The van der Waals surface area contributed by atoms with Crippen LogP contribution < -0.4 is 0 Å². The minimum atomic E-state index is -0.784. The Morgan fingerprint density at radius 1 is 1.52 bits per heavy atom. The molecule has 1 aliphatic heterocycles. The van der Waals surface area contributed by atoms with Gasteiger partial charge in [-0.3, -0.25) is 9.59 Å². The first-order valence-corrected chi connectivity index (χ1v) is 8.37. The standard InChI is InChI=1S/C18H24O5/c1-10(3-6-16(21)22)11-7-8-18(2)13(11)9-12-14(19)4-5-15(20)17(12)23-18/h7,10,13,15,20H,3-6,8-9H2,1-2H3,(H,21,22). The summed E-state index contributed by atoms with van der Waals surface area (Å²) in [5.74, 6) is 0.0323. The Hall–Kier alpha value is -1.62. The summed E-state index contributed by atoms with van der Waals surface area (Å²) in [6.07, 6.45) is 4.37. The predicted octanol–water partition coefficient (Wildman–Crippen LogP) is 2.59. The van der Waals surface area contributed by atoms with Crippen molar-refractivity contribution < 1.29 is 24.5 Å². The van der Waals surface area contributed by atoms with Crippen molar-refractivity contribution in [2.24, 2.45) is 11.8 Å². The molecular formula is C18H24O5. The summed E-state index contributed by atoms with van der Waals surface area (Å²) < 4.78 is 6.13. The normalized spacial score (nSPS) is 34.4. The van der Waals surface area contributed by atoms with Crippen molar-refractivity contribution >= 4 is 11.8 Å². The van der Waals surface area contributed by atoms with Gasteiger partial charge in [0, 0.05) is 30.8 Å². The molecule has 0 radical (unpaired) electrons. The van der Waals surface area contributed by atoms with Gasteiger partial charge in [0.15, 0.2) is 5.78 Å². The molecule has 0 saturated carbocycles. The number of carbonyl (C=O) groups is 2. The molecular weight excluding hydrogens is 296 g/mol. The van der Waals surface area contributed by atoms with Crippen LogP contribution in [0, 0.1) is 11.8 Å². The summed E-state index contributed by atoms with van der Waals surface area (Å²) in [4.78, 5) is 23.0. The highest BCUT2D eigenvalue weighted by molar-refractivity contribution is 5.97. The van der Waals surface area contributed by atoms with Gasteiger partial charge in [-0.25, -0.2) is 0 Å². The van der Waals surface area contributed by atoms with E-state index in [9.17, 15) is 14.7 Å². The van der Waals surface area contributed by atoms with E-state index in [1.807, 2.05) is 13.8 Å². The lowest BCUT2D eigenvalue weighted by Gasteiger charge is -2.43. The molecule has 0 fully saturated rings. The third kappa shape index (κ3) is 2.82. The van der Waals surface area contributed by atoms with E-state index in [1.165, 1.54) is 5.57 Å². The number of carboxylic acid groups (broad SMARTS) is 1. The number of allylic oxidation sites excluding steroid dienone is 1. The first kappa shape index (κ1) is 16.2. The number of hydrogen-bond acceptors (Lipinski definition) is 4. The summed E-state index contributed by atoms with van der Waals surface area (Å²) in [5.41, 5.74) is 1.42. The van der Waals surface area contributed by atoms with Crippen molar-refractivity contribution in [3.63, 3.8) is 0 Å². The lowest BCUT2D eigenvalue weighted by molar-refractivity contribution is -0.137. The Bertz CT molecular complexity index is 603. The molecule has 0 aromatic heterocycles. The highest BCUT2D eigenvalue weighted by Gasteiger charge is 2.50. The van der Waals surface area contributed by atoms with Crippen LogP contribution in [-0.4, -0.2) is 33.7 Å². The Kier molecular flexibility index (Phi) is 4.08. The second-order valence-corrected chi connectivity index (χ2v) is 7.23. The highest BCUT2D eigenvalue weighted by Crippen LogP contribution is 2.51. The van der Waals surface area contributed by atoms with Crippen LogP contribution in [0.2, 0.25) is 0 Å². The van der Waals surface area contributed by atoms with Gasteiger partial charge in [0.2, 0.25) is 0 Å². The van der Waals surface area contributed by atoms with Crippen molar-refractivity contribution in [1.82, 2.24) is 0 Å². The molecule has 0 saturated heterocycles. The maximum Gasteiger partial charge on any atom is 0.303 e. The zero-order chi connectivity index (χ0) is 16.8. The Morgan fingerprint density at radius 2 is 2.26 bits per heavy atom. The first-order valence-electron chi connectivity index (χ1n) is 8.37. The summed E-state index contributed by atoms with van der Waals surface area (Å²) in [7, 11) is 0. The molecule has 4 unspecified atom stereocenters. The number of hydrogen-bond donors (Lipinski definition) is 2. The maximum atomic E-state index is 12.2. The highest BCUT2D eigenvalue weighted by atomic mass is 16.5. The van der Waals surface area contributed by atoms with E-state index in [1.54, 1.807) is 0 Å². The topological polar surface area (TPSA) is 83.8 Å². The minimum absolute atomic E-state index is 0.0804. The van der Waals surface area contributed by atoms with Crippen molar-refractivity contribution in [2.45, 2.75) is 64.1 Å². The number of rotatable bonds is 4. The van der Waals surface area contributed by atoms with E-state index in [0.717, 1.165) is 6.42 Å². The van der Waals surface area contributed by atoms with Gasteiger partial charge in [-0.2, -0.15) is 0 Å². The van der Waals surface area contributed by atoms with Crippen LogP contribution in [0.1, 0.15) is 52.4 Å². The van der Waals surface area contributed by atoms with Crippen LogP contribution in [0.25, 0.3) is 0 Å². The number of Topliss-reactive ketones (excluding diaryl/α,β-unsaturated/α-hetero) is 1. The van der Waals surface area contributed by atoms with E-state index in [0.29, 0.717) is 37.0 Å². The van der Waals surface area contributed by atoms with Crippen LogP contribution in [0.15, 0.2) is 23.0 Å². The van der Waals surface area contributed by atoms with E-state index >= 15 is 0 Å². The fourth-order valence-electron chi connectivity index (χ4n) is 4.14. The summed E-state index contributed by atoms with van der Waals surface area (Å²) in [5, 5.41) is 19.0. The van der Waals surface area contributed by atoms with Gasteiger partial charge in [-0.15, -0.1) is 0 Å². The van der Waals surface area contributed by atoms with E-state index in [-0.39, 0.29) is 24.0 Å². The van der Waals surface area contributed by atoms with Crippen LogP contribution in [-0.2, 0) is 14.3 Å². The lowest BCUT2D eigenvalue weighted by Crippen LogP contribution is -2.44. The third-order valence-electron chi connectivity index (χ3n) is 5.58. The monoisotopic (exact) mass is 320 g/mol. The fourth-order valence-corrected chi connectivity index (χ4v) is 4.14. The Morgan fingerprint density at radius 3 is 2.96 bits per heavy atom. The van der Waals surface area contributed by atoms with E-state index in [2.05, 4.69) is 6.08 Å². The SMILES string of the molecule is CC(CCC(=O)O)C1=CCC2(C)OC3=C(CC12)C(=O)CCC3O. The van der Waals surface area contributed by atoms with E-state index < -0.39 is 17.7 Å². The zero-order valence-corrected chi connectivity index (χ0v) is 13.7. The Balaban J connectivity index is 1.82. The number of aliphatic hydroxyl groups excluding tert-OH is 1. The number of aliphatic hydroxyl groups is 1. The number of ether oxygens (including phenoxy) is 1. The summed E-state index contributed by atoms with van der Waals surface area (Å²) >= 11 is 0. The smallest absolute Gasteiger partial charge is 0.303 e. The second kappa shape index (κ2) is 5.78. The molecule has 3 aliphatic rings. The third-order valence-corrected chi connectivity index (χ3v) is 5.58. The summed E-state index contributed by atoms with van der Waals surface area (Å²) in [6.45, 7) is 4.07. The molecule has 4 atom stereocenters. The van der Waals surface area contributed by atoms with Crippen molar-refractivity contribution in [3.8, 4) is 0 Å². The largest absolute Gasteiger partial charge is 0.488 e. The van der Waals surface area contributed by atoms with Gasteiger partial charge in [0.25, 0.3) is 0 Å². The fraction of sp³-hybridized carbons (Fsp3) is 0.667. The lowest BCUT2D eigenvalue weighted by atomic mass is 9.74. The average molecular weight is 320 g/mol. The predicted molar refractivity (Wildman–Crippen MR) is 83.6 cm³/mol. The number of fused-ring (bicyclic) bond motifs is 1. The first-order chi connectivity index (χ1) is 10.8. The molecule has 1 heterocycles. The van der Waals surface area contributed by atoms with Crippen molar-refractivity contribution in [1.29, 1.82) is 0 Å². The molecule has 5 heteroatoms. The molecule has 0 bridgehead atoms. The Labute approximate surface area is 136 Å². The molecule has 0 aromatic carbocycles. The average Bonchev–Trinajstić information content (AvgIpc) is 2.84. The van der Waals surface area contributed by atoms with Crippen LogP contribution in [0.3, 0.4) is 0 Å². The number of aliphatic carboxylic acids is 1. The van der Waals surface area contributed by atoms with Crippen LogP contribution >= 0.6 is 0 Å². The van der Waals surface area contributed by atoms with Gasteiger partial charge < -0.3 is 14.9 Å². The van der Waals surface area contributed by atoms with Crippen molar-refractivity contribution in [3.05, 3.63) is 23.0 Å². The molecule has 2 aliphatic carbocycles. The van der Waals surface area contributed by atoms with Gasteiger partial charge in [0.05, 0.1) is 0 Å². The van der Waals surface area contributed by atoms with Crippen LogP contribution in [0.4, 0.5) is 0 Å². The van der Waals surface area contributed by atoms with E-state index in [4.69, 9.17) is 9.84 Å². The zero-order valence-electron chi connectivity index (χ0n) is 13.7. The minimum Gasteiger partial charge on any atom is -0.488 e. The molecule has 5 nitrogen and oxygen atoms in total. The molecule has 0 spiro atoms. The molecule has 126 valence electrons. The molecule has 0 amide bonds. The van der Waals surface area contributed by atoms with Crippen molar-refractivity contribution in [2.75, 3.05) is 0 Å². The quantitative estimate of drug-likeness (QED) is 0.778. The molecule has 0 aromatic rings. The number of carbonyl (C=O) groups excluding carboxylic acids is 1. The molecule has 3 rings (SSSR count). The van der Waals surface area contributed by atoms with Gasteiger partial charge in [0.1, 0.15) is 17.5 Å². The van der Waals surface area contributed by atoms with Gasteiger partial charge >= 0.3 is 5.97 Å².